The summed E-state index contributed by atoms with van der Waals surface area (Å²) in [6.07, 6.45) is 2.32. The molecule has 3 aromatic rings. The summed E-state index contributed by atoms with van der Waals surface area (Å²) in [5.74, 6) is -0.00461. The van der Waals surface area contributed by atoms with Gasteiger partial charge in [-0.05, 0) is 36.2 Å². The molecule has 0 aliphatic carbocycles. The number of carbonyl (C=O) groups excluding carboxylic acids is 1. The summed E-state index contributed by atoms with van der Waals surface area (Å²) in [4.78, 5) is 18.1. The van der Waals surface area contributed by atoms with Gasteiger partial charge in [0.15, 0.2) is 23.1 Å². The lowest BCUT2D eigenvalue weighted by Gasteiger charge is -2.17. The van der Waals surface area contributed by atoms with E-state index in [0.29, 0.717) is 24.5 Å². The number of aromatic nitrogens is 1. The summed E-state index contributed by atoms with van der Waals surface area (Å²) in [5, 5.41) is 0. The second-order valence-electron chi connectivity index (χ2n) is 6.97. The van der Waals surface area contributed by atoms with E-state index >= 15 is 0 Å². The molecule has 0 N–H and O–H groups in total. The van der Waals surface area contributed by atoms with Crippen LogP contribution in [0.15, 0.2) is 47.0 Å². The molecular weight excluding hydrogens is 406 g/mol. The molecule has 3 rings (SSSR count). The van der Waals surface area contributed by atoms with Gasteiger partial charge in [0.2, 0.25) is 5.91 Å². The van der Waals surface area contributed by atoms with E-state index in [1.807, 2.05) is 18.2 Å². The first kappa shape index (κ1) is 22.3. The number of nitrogens with zero attached hydrogens (tertiary/aromatic N) is 2. The maximum atomic E-state index is 13.9. The fourth-order valence-electron chi connectivity index (χ4n) is 3.14. The molecule has 1 amide bonds. The molecule has 0 aliphatic rings. The lowest BCUT2D eigenvalue weighted by molar-refractivity contribution is -0.129. The maximum Gasteiger partial charge on any atom is 0.222 e. The minimum absolute atomic E-state index is 0.000133. The largest absolute Gasteiger partial charge is 0.493 e. The monoisotopic (exact) mass is 430 g/mol. The van der Waals surface area contributed by atoms with Gasteiger partial charge in [-0.1, -0.05) is 12.1 Å². The SMILES string of the molecule is COc1ccc(CCN(C)C(=O)CCc2ncc(-c3c(F)cccc3F)o2)cc1OC. The Hall–Kier alpha value is -3.42. The lowest BCUT2D eigenvalue weighted by Crippen LogP contribution is -2.29. The average molecular weight is 430 g/mol. The number of amides is 1. The van der Waals surface area contributed by atoms with Crippen molar-refractivity contribution in [2.24, 2.45) is 0 Å². The molecular formula is C23H24F2N2O4. The van der Waals surface area contributed by atoms with Crippen molar-refractivity contribution in [2.75, 3.05) is 27.8 Å². The molecule has 6 nitrogen and oxygen atoms in total. The van der Waals surface area contributed by atoms with Crippen LogP contribution in [0.1, 0.15) is 17.9 Å². The predicted octanol–water partition coefficient (Wildman–Crippen LogP) is 4.27. The molecule has 1 heterocycles. The molecule has 0 spiro atoms. The van der Waals surface area contributed by atoms with Gasteiger partial charge in [-0.25, -0.2) is 13.8 Å². The molecule has 0 bridgehead atoms. The van der Waals surface area contributed by atoms with Crippen molar-refractivity contribution in [3.8, 4) is 22.8 Å². The molecule has 0 atom stereocenters. The molecule has 2 aromatic carbocycles. The fourth-order valence-corrected chi connectivity index (χ4v) is 3.14. The van der Waals surface area contributed by atoms with Crippen molar-refractivity contribution in [3.63, 3.8) is 0 Å². The van der Waals surface area contributed by atoms with Gasteiger partial charge in [0.25, 0.3) is 0 Å². The van der Waals surface area contributed by atoms with Gasteiger partial charge in [0.05, 0.1) is 26.0 Å². The van der Waals surface area contributed by atoms with Gasteiger partial charge >= 0.3 is 0 Å². The van der Waals surface area contributed by atoms with Gasteiger partial charge in [-0.3, -0.25) is 4.79 Å². The third-order valence-electron chi connectivity index (χ3n) is 4.93. The molecule has 0 fully saturated rings. The van der Waals surface area contributed by atoms with E-state index in [4.69, 9.17) is 13.9 Å². The third-order valence-corrected chi connectivity index (χ3v) is 4.93. The van der Waals surface area contributed by atoms with Gasteiger partial charge < -0.3 is 18.8 Å². The summed E-state index contributed by atoms with van der Waals surface area (Å²) in [6, 6.07) is 9.22. The Kier molecular flexibility index (Phi) is 7.23. The highest BCUT2D eigenvalue weighted by molar-refractivity contribution is 5.76. The number of ether oxygens (including phenoxy) is 2. The predicted molar refractivity (Wildman–Crippen MR) is 111 cm³/mol. The third kappa shape index (κ3) is 5.39. The number of methoxy groups -OCH3 is 2. The van der Waals surface area contributed by atoms with Gasteiger partial charge in [0.1, 0.15) is 11.6 Å². The standard InChI is InChI=1S/C23H24F2N2O4/c1-27(12-11-15-7-8-18(29-2)19(13-15)30-3)22(28)10-9-21-26-14-20(31-21)23-16(24)5-4-6-17(23)25/h4-8,13-14H,9-12H2,1-3H3. The molecule has 0 radical (unpaired) electrons. The number of likely N-dealkylation sites (N-methyl/N-ethyl adjacent to an activating group) is 1. The highest BCUT2D eigenvalue weighted by atomic mass is 19.1. The second kappa shape index (κ2) is 10.1. The van der Waals surface area contributed by atoms with E-state index in [-0.39, 0.29) is 36.0 Å². The number of hydrogen-bond donors (Lipinski definition) is 0. The summed E-state index contributed by atoms with van der Waals surface area (Å²) < 4.78 is 43.7. The van der Waals surface area contributed by atoms with E-state index in [2.05, 4.69) is 4.98 Å². The number of benzene rings is 2. The molecule has 8 heteroatoms. The van der Waals surface area contributed by atoms with Crippen LogP contribution in [-0.2, 0) is 17.6 Å². The van der Waals surface area contributed by atoms with Gasteiger partial charge in [-0.15, -0.1) is 0 Å². The number of oxazole rings is 1. The first-order valence-corrected chi connectivity index (χ1v) is 9.77. The Morgan fingerprint density at radius 1 is 1.06 bits per heavy atom. The minimum atomic E-state index is -0.728. The normalized spacial score (nSPS) is 10.7. The van der Waals surface area contributed by atoms with Crippen molar-refractivity contribution < 1.29 is 27.5 Å². The van der Waals surface area contributed by atoms with E-state index in [0.717, 1.165) is 17.7 Å². The maximum absolute atomic E-state index is 13.9. The average Bonchev–Trinajstić information content (AvgIpc) is 3.23. The summed E-state index contributed by atoms with van der Waals surface area (Å²) in [7, 11) is 4.87. The minimum Gasteiger partial charge on any atom is -0.493 e. The van der Waals surface area contributed by atoms with Crippen molar-refractivity contribution in [3.05, 3.63) is 65.7 Å². The highest BCUT2D eigenvalue weighted by Gasteiger charge is 2.17. The number of rotatable bonds is 9. The van der Waals surface area contributed by atoms with Crippen molar-refractivity contribution >= 4 is 5.91 Å². The Bertz CT molecular complexity index is 1030. The van der Waals surface area contributed by atoms with Crippen LogP contribution >= 0.6 is 0 Å². The Morgan fingerprint density at radius 2 is 1.77 bits per heavy atom. The van der Waals surface area contributed by atoms with E-state index < -0.39 is 11.6 Å². The fraction of sp³-hybridized carbons (Fsp3) is 0.304. The summed E-state index contributed by atoms with van der Waals surface area (Å²) in [6.45, 7) is 0.519. The number of hydrogen-bond acceptors (Lipinski definition) is 5. The van der Waals surface area contributed by atoms with Crippen LogP contribution in [0.4, 0.5) is 8.78 Å². The zero-order valence-electron chi connectivity index (χ0n) is 17.7. The van der Waals surface area contributed by atoms with Crippen molar-refractivity contribution in [2.45, 2.75) is 19.3 Å². The molecule has 164 valence electrons. The molecule has 1 aromatic heterocycles. The smallest absolute Gasteiger partial charge is 0.222 e. The first-order valence-electron chi connectivity index (χ1n) is 9.77. The molecule has 0 saturated heterocycles. The zero-order chi connectivity index (χ0) is 22.4. The van der Waals surface area contributed by atoms with Crippen LogP contribution in [0.25, 0.3) is 11.3 Å². The van der Waals surface area contributed by atoms with Gasteiger partial charge in [-0.2, -0.15) is 0 Å². The lowest BCUT2D eigenvalue weighted by atomic mass is 10.1. The number of halogens is 2. The number of carbonyl (C=O) groups is 1. The quantitative estimate of drug-likeness (QED) is 0.507. The van der Waals surface area contributed by atoms with E-state index in [1.165, 1.54) is 12.3 Å². The zero-order valence-corrected chi connectivity index (χ0v) is 17.7. The van der Waals surface area contributed by atoms with Crippen LogP contribution in [-0.4, -0.2) is 43.6 Å². The van der Waals surface area contributed by atoms with Crippen LogP contribution in [0.5, 0.6) is 11.5 Å². The van der Waals surface area contributed by atoms with Crippen LogP contribution in [0.2, 0.25) is 0 Å². The highest BCUT2D eigenvalue weighted by Crippen LogP contribution is 2.28. The summed E-state index contributed by atoms with van der Waals surface area (Å²) in [5.41, 5.74) is 0.751. The Labute approximate surface area is 179 Å². The topological polar surface area (TPSA) is 64.8 Å². The molecule has 0 aliphatic heterocycles. The van der Waals surface area contributed by atoms with Crippen molar-refractivity contribution in [1.82, 2.24) is 9.88 Å². The Morgan fingerprint density at radius 3 is 2.45 bits per heavy atom. The number of aryl methyl sites for hydroxylation is 1. The van der Waals surface area contributed by atoms with Crippen LogP contribution in [0.3, 0.4) is 0 Å². The van der Waals surface area contributed by atoms with Crippen molar-refractivity contribution in [1.29, 1.82) is 0 Å². The Balaban J connectivity index is 1.53. The van der Waals surface area contributed by atoms with Crippen LogP contribution in [0, 0.1) is 11.6 Å². The van der Waals surface area contributed by atoms with Crippen LogP contribution < -0.4 is 9.47 Å². The van der Waals surface area contributed by atoms with Gasteiger partial charge in [0, 0.05) is 26.4 Å². The van der Waals surface area contributed by atoms with E-state index in [9.17, 15) is 13.6 Å². The molecule has 31 heavy (non-hydrogen) atoms. The van der Waals surface area contributed by atoms with E-state index in [1.54, 1.807) is 26.2 Å². The molecule has 0 saturated carbocycles. The summed E-state index contributed by atoms with van der Waals surface area (Å²) >= 11 is 0. The second-order valence-corrected chi connectivity index (χ2v) is 6.97. The molecule has 0 unspecified atom stereocenters. The first-order chi connectivity index (χ1) is 14.9.